The van der Waals surface area contributed by atoms with Crippen molar-refractivity contribution in [3.63, 3.8) is 0 Å². The summed E-state index contributed by atoms with van der Waals surface area (Å²) >= 11 is 0. The quantitative estimate of drug-likeness (QED) is 0.847. The summed E-state index contributed by atoms with van der Waals surface area (Å²) in [5, 5.41) is 2.96. The summed E-state index contributed by atoms with van der Waals surface area (Å²) in [5.74, 6) is 1.13. The normalized spacial score (nSPS) is 16.0. The maximum absolute atomic E-state index is 12.3. The summed E-state index contributed by atoms with van der Waals surface area (Å²) in [5.41, 5.74) is 7.75. The van der Waals surface area contributed by atoms with Crippen LogP contribution in [0.2, 0.25) is 0 Å². The van der Waals surface area contributed by atoms with Crippen LogP contribution >= 0.6 is 0 Å². The van der Waals surface area contributed by atoms with Gasteiger partial charge in [0, 0.05) is 11.1 Å². The van der Waals surface area contributed by atoms with Crippen LogP contribution < -0.4 is 20.5 Å². The van der Waals surface area contributed by atoms with Gasteiger partial charge in [-0.1, -0.05) is 18.2 Å². The van der Waals surface area contributed by atoms with E-state index < -0.39 is 0 Å². The second kappa shape index (κ2) is 5.36. The van der Waals surface area contributed by atoms with Gasteiger partial charge in [0.1, 0.15) is 18.1 Å². The van der Waals surface area contributed by atoms with Crippen molar-refractivity contribution in [1.29, 1.82) is 0 Å². The Labute approximate surface area is 122 Å². The van der Waals surface area contributed by atoms with Gasteiger partial charge in [-0.15, -0.1) is 0 Å². The van der Waals surface area contributed by atoms with E-state index in [0.717, 1.165) is 11.3 Å². The predicted molar refractivity (Wildman–Crippen MR) is 79.6 cm³/mol. The van der Waals surface area contributed by atoms with Crippen molar-refractivity contribution in [3.05, 3.63) is 53.6 Å². The van der Waals surface area contributed by atoms with Crippen LogP contribution in [-0.2, 0) is 0 Å². The Bertz CT molecular complexity index is 685. The fourth-order valence-electron chi connectivity index (χ4n) is 2.38. The molecule has 5 nitrogen and oxygen atoms in total. The Morgan fingerprint density at radius 2 is 2.14 bits per heavy atom. The van der Waals surface area contributed by atoms with E-state index in [2.05, 4.69) is 5.32 Å². The number of ether oxygens (including phenoxy) is 2. The number of nitrogen functional groups attached to an aromatic ring is 1. The molecule has 0 aromatic heterocycles. The predicted octanol–water partition coefficient (Wildman–Crippen LogP) is 2.14. The van der Waals surface area contributed by atoms with Crippen molar-refractivity contribution < 1.29 is 14.3 Å². The first-order chi connectivity index (χ1) is 10.2. The van der Waals surface area contributed by atoms with E-state index in [1.807, 2.05) is 24.3 Å². The smallest absolute Gasteiger partial charge is 0.252 e. The molecular weight excluding hydrogens is 268 g/mol. The number of hydrogen-bond acceptors (Lipinski definition) is 4. The molecule has 2 aromatic carbocycles. The number of anilines is 1. The zero-order valence-electron chi connectivity index (χ0n) is 11.6. The van der Waals surface area contributed by atoms with Gasteiger partial charge in [0.15, 0.2) is 0 Å². The highest BCUT2D eigenvalue weighted by Crippen LogP contribution is 2.32. The van der Waals surface area contributed by atoms with Crippen LogP contribution in [0.15, 0.2) is 42.5 Å². The van der Waals surface area contributed by atoms with Crippen molar-refractivity contribution >= 4 is 11.6 Å². The topological polar surface area (TPSA) is 73.6 Å². The van der Waals surface area contributed by atoms with E-state index >= 15 is 0 Å². The highest BCUT2D eigenvalue weighted by Gasteiger charge is 2.25. The minimum atomic E-state index is -0.182. The molecule has 21 heavy (non-hydrogen) atoms. The number of nitrogens with two attached hydrogens (primary N) is 1. The average molecular weight is 284 g/mol. The molecule has 1 unspecified atom stereocenters. The van der Waals surface area contributed by atoms with Gasteiger partial charge in [-0.05, 0) is 24.3 Å². The highest BCUT2D eigenvalue weighted by molar-refractivity contribution is 5.95. The molecule has 1 aliphatic rings. The summed E-state index contributed by atoms with van der Waals surface area (Å²) in [6.45, 7) is 0.442. The summed E-state index contributed by atoms with van der Waals surface area (Å²) < 4.78 is 10.7. The van der Waals surface area contributed by atoms with Crippen LogP contribution in [0.1, 0.15) is 22.0 Å². The summed E-state index contributed by atoms with van der Waals surface area (Å²) in [6, 6.07) is 12.5. The molecule has 0 aliphatic carbocycles. The molecule has 0 saturated carbocycles. The third kappa shape index (κ3) is 2.50. The Balaban J connectivity index is 1.79. The lowest BCUT2D eigenvalue weighted by Gasteiger charge is -2.13. The van der Waals surface area contributed by atoms with Gasteiger partial charge >= 0.3 is 0 Å². The molecule has 1 heterocycles. The second-order valence-electron chi connectivity index (χ2n) is 4.83. The third-order valence-electron chi connectivity index (χ3n) is 3.50. The molecule has 0 fully saturated rings. The lowest BCUT2D eigenvalue weighted by Crippen LogP contribution is -2.29. The molecule has 0 spiro atoms. The van der Waals surface area contributed by atoms with Crippen LogP contribution in [-0.4, -0.2) is 19.6 Å². The van der Waals surface area contributed by atoms with E-state index in [0.29, 0.717) is 23.6 Å². The summed E-state index contributed by atoms with van der Waals surface area (Å²) in [6.07, 6.45) is 0. The van der Waals surface area contributed by atoms with Crippen molar-refractivity contribution in [2.75, 3.05) is 19.5 Å². The molecule has 0 saturated heterocycles. The van der Waals surface area contributed by atoms with Gasteiger partial charge in [0.05, 0.1) is 18.8 Å². The van der Waals surface area contributed by atoms with Gasteiger partial charge in [-0.3, -0.25) is 4.79 Å². The molecule has 5 heteroatoms. The molecule has 1 atom stereocenters. The number of carbonyl (C=O) groups is 1. The maximum Gasteiger partial charge on any atom is 0.252 e. The minimum Gasteiger partial charge on any atom is -0.495 e. The standard InChI is InChI=1S/C16H16N2O3/c1-20-15-8-10(6-7-12(15)17)16(19)18-13-9-21-14-5-3-2-4-11(13)14/h2-8,13H,9,17H2,1H3,(H,18,19). The summed E-state index contributed by atoms with van der Waals surface area (Å²) in [7, 11) is 1.52. The largest absolute Gasteiger partial charge is 0.495 e. The SMILES string of the molecule is COc1cc(C(=O)NC2COc3ccccc32)ccc1N. The second-order valence-corrected chi connectivity index (χ2v) is 4.83. The Morgan fingerprint density at radius 1 is 1.33 bits per heavy atom. The highest BCUT2D eigenvalue weighted by atomic mass is 16.5. The minimum absolute atomic E-state index is 0.141. The maximum atomic E-state index is 12.3. The number of carbonyl (C=O) groups excluding carboxylic acids is 1. The van der Waals surface area contributed by atoms with E-state index in [4.69, 9.17) is 15.2 Å². The molecular formula is C16H16N2O3. The monoisotopic (exact) mass is 284 g/mol. The number of amides is 1. The van der Waals surface area contributed by atoms with Gasteiger partial charge in [0.2, 0.25) is 0 Å². The molecule has 2 aromatic rings. The number of benzene rings is 2. The Hall–Kier alpha value is -2.69. The van der Waals surface area contributed by atoms with Crippen LogP contribution in [0, 0.1) is 0 Å². The van der Waals surface area contributed by atoms with Crippen LogP contribution in [0.25, 0.3) is 0 Å². The zero-order chi connectivity index (χ0) is 14.8. The zero-order valence-corrected chi connectivity index (χ0v) is 11.6. The Kier molecular flexibility index (Phi) is 3.39. The molecule has 0 radical (unpaired) electrons. The van der Waals surface area contributed by atoms with Gasteiger partial charge < -0.3 is 20.5 Å². The number of methoxy groups -OCH3 is 1. The number of hydrogen-bond donors (Lipinski definition) is 2. The first-order valence-corrected chi connectivity index (χ1v) is 6.65. The molecule has 1 aliphatic heterocycles. The molecule has 1 amide bonds. The fourth-order valence-corrected chi connectivity index (χ4v) is 2.38. The van der Waals surface area contributed by atoms with Crippen LogP contribution in [0.4, 0.5) is 5.69 Å². The van der Waals surface area contributed by atoms with Crippen molar-refractivity contribution in [3.8, 4) is 11.5 Å². The van der Waals surface area contributed by atoms with E-state index in [9.17, 15) is 4.79 Å². The fraction of sp³-hybridized carbons (Fsp3) is 0.188. The van der Waals surface area contributed by atoms with Crippen molar-refractivity contribution in [1.82, 2.24) is 5.32 Å². The van der Waals surface area contributed by atoms with Gasteiger partial charge in [-0.25, -0.2) is 0 Å². The average Bonchev–Trinajstić information content (AvgIpc) is 2.91. The molecule has 3 N–H and O–H groups in total. The number of para-hydroxylation sites is 1. The van der Waals surface area contributed by atoms with Crippen molar-refractivity contribution in [2.24, 2.45) is 0 Å². The summed E-state index contributed by atoms with van der Waals surface area (Å²) in [4.78, 5) is 12.3. The third-order valence-corrected chi connectivity index (χ3v) is 3.50. The van der Waals surface area contributed by atoms with E-state index in [1.54, 1.807) is 18.2 Å². The molecule has 3 rings (SSSR count). The number of nitrogens with one attached hydrogen (secondary N) is 1. The first-order valence-electron chi connectivity index (χ1n) is 6.65. The molecule has 0 bridgehead atoms. The lowest BCUT2D eigenvalue weighted by molar-refractivity contribution is 0.0930. The van der Waals surface area contributed by atoms with Crippen molar-refractivity contribution in [2.45, 2.75) is 6.04 Å². The van der Waals surface area contributed by atoms with Gasteiger partial charge in [-0.2, -0.15) is 0 Å². The van der Waals surface area contributed by atoms with Gasteiger partial charge in [0.25, 0.3) is 5.91 Å². The lowest BCUT2D eigenvalue weighted by atomic mass is 10.1. The number of fused-ring (bicyclic) bond motifs is 1. The van der Waals surface area contributed by atoms with E-state index in [1.165, 1.54) is 7.11 Å². The van der Waals surface area contributed by atoms with E-state index in [-0.39, 0.29) is 11.9 Å². The Morgan fingerprint density at radius 3 is 2.95 bits per heavy atom. The first kappa shape index (κ1) is 13.3. The molecule has 108 valence electrons. The van der Waals surface area contributed by atoms with Crippen LogP contribution in [0.3, 0.4) is 0 Å². The van der Waals surface area contributed by atoms with Crippen LogP contribution in [0.5, 0.6) is 11.5 Å². The number of rotatable bonds is 3.